The fourth-order valence-corrected chi connectivity index (χ4v) is 3.95. The lowest BCUT2D eigenvalue weighted by Gasteiger charge is -2.02. The minimum atomic E-state index is -3.10. The van der Waals surface area contributed by atoms with Crippen molar-refractivity contribution in [3.63, 3.8) is 0 Å². The van der Waals surface area contributed by atoms with Crippen LogP contribution in [-0.2, 0) is 11.8 Å². The summed E-state index contributed by atoms with van der Waals surface area (Å²) in [5, 5.41) is 3.70. The largest absolute Gasteiger partial charge is 0.337 e. The molecule has 0 amide bonds. The maximum absolute atomic E-state index is 8.84. The average Bonchev–Trinajstić information content (AvgIpc) is 2.12. The lowest BCUT2D eigenvalue weighted by atomic mass is 10.7. The molecule has 6 heteroatoms. The number of hydrogen-bond acceptors (Lipinski definition) is 3. The zero-order valence-electron chi connectivity index (χ0n) is 4.80. The maximum atomic E-state index is 8.84. The summed E-state index contributed by atoms with van der Waals surface area (Å²) in [6.07, 6.45) is 0. The predicted octanol–water partition coefficient (Wildman–Crippen LogP) is 2.05. The van der Waals surface area contributed by atoms with E-state index in [9.17, 15) is 0 Å². The van der Waals surface area contributed by atoms with Gasteiger partial charge in [-0.2, -0.15) is 11.3 Å². The van der Waals surface area contributed by atoms with E-state index in [2.05, 4.69) is 11.8 Å². The normalized spacial score (nSPS) is 11.8. The van der Waals surface area contributed by atoms with Gasteiger partial charge in [-0.3, -0.25) is 0 Å². The third-order valence-corrected chi connectivity index (χ3v) is 4.27. The molecule has 10 heavy (non-hydrogen) atoms. The Bertz CT molecular complexity index is 239. The summed E-state index contributed by atoms with van der Waals surface area (Å²) in [4.78, 5) is 18.5. The molecular formula is C4H5O2PS3. The van der Waals surface area contributed by atoms with Gasteiger partial charge in [-0.25, -0.2) is 0 Å². The van der Waals surface area contributed by atoms with E-state index >= 15 is 0 Å². The summed E-state index contributed by atoms with van der Waals surface area (Å²) in [6, 6.07) is 1.81. The monoisotopic (exact) mass is 212 g/mol. The molecule has 0 aromatic carbocycles. The Morgan fingerprint density at radius 2 is 2.30 bits per heavy atom. The van der Waals surface area contributed by atoms with E-state index in [4.69, 9.17) is 9.79 Å². The highest BCUT2D eigenvalue weighted by Gasteiger charge is 2.09. The third kappa shape index (κ3) is 3.14. The molecule has 0 bridgehead atoms. The van der Waals surface area contributed by atoms with E-state index in [0.29, 0.717) is 0 Å². The lowest BCUT2D eigenvalue weighted by molar-refractivity contribution is 0.502. The van der Waals surface area contributed by atoms with Crippen LogP contribution in [0.3, 0.4) is 0 Å². The zero-order valence-corrected chi connectivity index (χ0v) is 8.14. The summed E-state index contributed by atoms with van der Waals surface area (Å²) in [6.45, 7) is 0. The van der Waals surface area contributed by atoms with Gasteiger partial charge in [0, 0.05) is 10.3 Å². The highest BCUT2D eigenvalue weighted by atomic mass is 32.9. The molecule has 0 aliphatic rings. The molecule has 0 aliphatic heterocycles. The van der Waals surface area contributed by atoms with E-state index in [1.54, 1.807) is 0 Å². The van der Waals surface area contributed by atoms with Gasteiger partial charge in [-0.15, -0.1) is 0 Å². The molecule has 0 aliphatic carbocycles. The molecular weight excluding hydrogens is 207 g/mol. The summed E-state index contributed by atoms with van der Waals surface area (Å²) in [5.41, 5.74) is -3.10. The van der Waals surface area contributed by atoms with Crippen molar-refractivity contribution in [1.82, 2.24) is 0 Å². The van der Waals surface area contributed by atoms with Crippen molar-refractivity contribution < 1.29 is 9.79 Å². The molecule has 0 atom stereocenters. The van der Waals surface area contributed by atoms with E-state index in [-0.39, 0.29) is 0 Å². The van der Waals surface area contributed by atoms with Crippen LogP contribution in [-0.4, -0.2) is 9.79 Å². The Kier molecular flexibility index (Phi) is 2.91. The molecule has 0 saturated carbocycles. The molecule has 0 radical (unpaired) electrons. The van der Waals surface area contributed by atoms with Gasteiger partial charge < -0.3 is 9.79 Å². The highest BCUT2D eigenvalue weighted by Crippen LogP contribution is 2.55. The van der Waals surface area contributed by atoms with E-state index in [0.717, 1.165) is 16.3 Å². The van der Waals surface area contributed by atoms with Crippen molar-refractivity contribution >= 4 is 40.2 Å². The Morgan fingerprint density at radius 1 is 1.60 bits per heavy atom. The van der Waals surface area contributed by atoms with Crippen molar-refractivity contribution in [2.45, 2.75) is 4.90 Å². The standard InChI is InChI=1S/C4H5O2PS3/c5-7(6,8)10-4-1-2-9-3-4/h1-3H,(H2,5,6,8). The van der Waals surface area contributed by atoms with Crippen molar-refractivity contribution in [2.24, 2.45) is 0 Å². The fourth-order valence-electron chi connectivity index (χ4n) is 0.441. The smallest absolute Gasteiger partial charge is 0.246 e. The van der Waals surface area contributed by atoms with E-state index in [1.807, 2.05) is 16.8 Å². The first-order chi connectivity index (χ1) is 4.58. The van der Waals surface area contributed by atoms with Crippen molar-refractivity contribution in [1.29, 1.82) is 0 Å². The highest BCUT2D eigenvalue weighted by molar-refractivity contribution is 8.67. The average molecular weight is 212 g/mol. The van der Waals surface area contributed by atoms with E-state index < -0.39 is 5.69 Å². The predicted molar refractivity (Wildman–Crippen MR) is 48.9 cm³/mol. The number of hydrogen-bond donors (Lipinski definition) is 2. The maximum Gasteiger partial charge on any atom is 0.246 e. The van der Waals surface area contributed by atoms with Gasteiger partial charge in [0.2, 0.25) is 5.69 Å². The molecule has 1 aromatic heterocycles. The zero-order chi connectivity index (χ0) is 7.61. The molecule has 2 nitrogen and oxygen atoms in total. The second kappa shape index (κ2) is 3.34. The molecule has 1 heterocycles. The molecule has 1 rings (SSSR count). The SMILES string of the molecule is OP(O)(=S)Sc1ccsc1. The summed E-state index contributed by atoms with van der Waals surface area (Å²) < 4.78 is 0. The first kappa shape index (κ1) is 8.71. The van der Waals surface area contributed by atoms with Crippen LogP contribution in [0.5, 0.6) is 0 Å². The third-order valence-electron chi connectivity index (χ3n) is 0.719. The minimum Gasteiger partial charge on any atom is -0.337 e. The van der Waals surface area contributed by atoms with Gasteiger partial charge in [-0.1, -0.05) is 0 Å². The van der Waals surface area contributed by atoms with Crippen molar-refractivity contribution in [2.75, 3.05) is 0 Å². The van der Waals surface area contributed by atoms with Crippen molar-refractivity contribution in [3.8, 4) is 0 Å². The number of thiophene rings is 1. The summed E-state index contributed by atoms with van der Waals surface area (Å²) in [5.74, 6) is 0. The molecule has 0 unspecified atom stereocenters. The van der Waals surface area contributed by atoms with E-state index in [1.165, 1.54) is 11.3 Å². The Hall–Kier alpha value is 0.620. The van der Waals surface area contributed by atoms with Gasteiger partial charge >= 0.3 is 0 Å². The lowest BCUT2D eigenvalue weighted by Crippen LogP contribution is -1.66. The fraction of sp³-hybridized carbons (Fsp3) is 0. The van der Waals surface area contributed by atoms with Gasteiger partial charge in [0.15, 0.2) is 0 Å². The van der Waals surface area contributed by atoms with Crippen LogP contribution < -0.4 is 0 Å². The Labute approximate surface area is 71.8 Å². The second-order valence-electron chi connectivity index (χ2n) is 1.54. The van der Waals surface area contributed by atoms with Crippen LogP contribution in [0.4, 0.5) is 0 Å². The van der Waals surface area contributed by atoms with Gasteiger partial charge in [0.05, 0.1) is 0 Å². The topological polar surface area (TPSA) is 40.5 Å². The molecule has 1 aromatic rings. The van der Waals surface area contributed by atoms with Gasteiger partial charge in [-0.05, 0) is 34.6 Å². The van der Waals surface area contributed by atoms with Crippen molar-refractivity contribution in [3.05, 3.63) is 16.8 Å². The molecule has 0 spiro atoms. The quantitative estimate of drug-likeness (QED) is 0.736. The van der Waals surface area contributed by atoms with Gasteiger partial charge in [0.1, 0.15) is 0 Å². The Balaban J connectivity index is 2.66. The number of rotatable bonds is 2. The van der Waals surface area contributed by atoms with Crippen LogP contribution in [0.1, 0.15) is 0 Å². The van der Waals surface area contributed by atoms with Crippen LogP contribution in [0.2, 0.25) is 0 Å². The Morgan fingerprint density at radius 3 is 2.70 bits per heavy atom. The van der Waals surface area contributed by atoms with Crippen LogP contribution in [0.25, 0.3) is 0 Å². The van der Waals surface area contributed by atoms with Crippen LogP contribution in [0, 0.1) is 0 Å². The molecule has 0 saturated heterocycles. The summed E-state index contributed by atoms with van der Waals surface area (Å²) in [7, 11) is 0. The molecule has 2 N–H and O–H groups in total. The first-order valence-corrected chi connectivity index (χ1v) is 7.42. The van der Waals surface area contributed by atoms with Gasteiger partial charge in [0.25, 0.3) is 0 Å². The summed E-state index contributed by atoms with van der Waals surface area (Å²) >= 11 is 6.89. The molecule has 0 fully saturated rings. The van der Waals surface area contributed by atoms with Crippen LogP contribution >= 0.6 is 28.4 Å². The van der Waals surface area contributed by atoms with Crippen LogP contribution in [0.15, 0.2) is 21.7 Å². The minimum absolute atomic E-state index is 0.832. The first-order valence-electron chi connectivity index (χ1n) is 2.35. The second-order valence-corrected chi connectivity index (χ2v) is 8.25. The molecule has 56 valence electrons.